The van der Waals surface area contributed by atoms with Crippen LogP contribution in [-0.2, 0) is 6.54 Å². The minimum atomic E-state index is -0.355. The van der Waals surface area contributed by atoms with Crippen LogP contribution < -0.4 is 4.90 Å². The Hall–Kier alpha value is -2.00. The van der Waals surface area contributed by atoms with Crippen LogP contribution in [-0.4, -0.2) is 27.5 Å². The third-order valence-electron chi connectivity index (χ3n) is 3.53. The quantitative estimate of drug-likeness (QED) is 0.622. The maximum absolute atomic E-state index is 8.88. The predicted molar refractivity (Wildman–Crippen MR) is 92.1 cm³/mol. The first-order chi connectivity index (χ1) is 10.8. The molecule has 0 atom stereocenters. The summed E-state index contributed by atoms with van der Waals surface area (Å²) >= 11 is -0.355. The van der Waals surface area contributed by atoms with Crippen LogP contribution in [0.4, 0.5) is 3.70 Å². The van der Waals surface area contributed by atoms with Crippen molar-refractivity contribution in [3.63, 3.8) is 0 Å². The molecule has 1 heterocycles. The molecule has 0 fully saturated rings. The fraction of sp³-hybridized carbons (Fsp3) is 0.105. The van der Waals surface area contributed by atoms with E-state index in [-0.39, 0.29) is 20.4 Å². The van der Waals surface area contributed by atoms with E-state index in [0.29, 0.717) is 0 Å². The Bertz CT molecular complexity index is 782. The van der Waals surface area contributed by atoms with Crippen molar-refractivity contribution >= 4 is 24.1 Å². The van der Waals surface area contributed by atoms with Gasteiger partial charge in [0.05, 0.1) is 0 Å². The Kier molecular flexibility index (Phi) is 4.64. The van der Waals surface area contributed by atoms with E-state index in [1.165, 1.54) is 18.4 Å². The van der Waals surface area contributed by atoms with Crippen molar-refractivity contribution in [2.45, 2.75) is 6.54 Å². The van der Waals surface area contributed by atoms with Gasteiger partial charge in [0.15, 0.2) is 0 Å². The van der Waals surface area contributed by atoms with Crippen molar-refractivity contribution in [2.24, 2.45) is 0 Å². The average Bonchev–Trinajstić information content (AvgIpc) is 3.06. The van der Waals surface area contributed by atoms with Gasteiger partial charge in [0.25, 0.3) is 0 Å². The van der Waals surface area contributed by atoms with E-state index in [1.54, 1.807) is 0 Å². The van der Waals surface area contributed by atoms with Crippen LogP contribution in [0.1, 0.15) is 11.1 Å². The molecule has 0 spiro atoms. The molecule has 2 aromatic carbocycles. The molecule has 0 bridgehead atoms. The van der Waals surface area contributed by atoms with Crippen molar-refractivity contribution in [1.82, 2.24) is 0 Å². The molecule has 0 N–H and O–H groups in total. The summed E-state index contributed by atoms with van der Waals surface area (Å²) in [5.74, 6) is 0. The van der Waals surface area contributed by atoms with Crippen molar-refractivity contribution in [3.05, 3.63) is 77.9 Å². The summed E-state index contributed by atoms with van der Waals surface area (Å²) in [5, 5.41) is 8.88. The van der Waals surface area contributed by atoms with Gasteiger partial charge < -0.3 is 0 Å². The molecule has 3 rings (SSSR count). The first-order valence-electron chi connectivity index (χ1n) is 7.12. The third-order valence-corrected chi connectivity index (χ3v) is 7.09. The molecular weight excluding hydrogens is 384 g/mol. The topological polar surface area (TPSA) is 27.0 Å². The molecule has 1 aromatic heterocycles. The number of benzene rings is 2. The Morgan fingerprint density at radius 1 is 0.955 bits per heavy atom. The Balaban J connectivity index is 1.76. The Morgan fingerprint density at radius 2 is 1.68 bits per heavy atom. The van der Waals surface area contributed by atoms with Gasteiger partial charge in [-0.25, -0.2) is 0 Å². The molecule has 0 saturated heterocycles. The van der Waals surface area contributed by atoms with E-state index in [9.17, 15) is 0 Å². The van der Waals surface area contributed by atoms with E-state index >= 15 is 0 Å². The van der Waals surface area contributed by atoms with E-state index in [4.69, 9.17) is 5.26 Å². The molecule has 3 aromatic rings. The van der Waals surface area contributed by atoms with E-state index in [2.05, 4.69) is 72.6 Å². The zero-order valence-corrected chi connectivity index (χ0v) is 14.7. The Labute approximate surface area is 140 Å². The number of nitrogens with zero attached hydrogens (tertiary/aromatic N) is 2. The van der Waals surface area contributed by atoms with Gasteiger partial charge >= 0.3 is 141 Å². The molecule has 0 unspecified atom stereocenters. The fourth-order valence-corrected chi connectivity index (χ4v) is 5.11. The van der Waals surface area contributed by atoms with Crippen molar-refractivity contribution in [2.75, 3.05) is 11.9 Å². The van der Waals surface area contributed by atoms with Gasteiger partial charge in [-0.1, -0.05) is 0 Å². The van der Waals surface area contributed by atoms with Gasteiger partial charge in [-0.2, -0.15) is 0 Å². The number of hydrogen-bond acceptors (Lipinski definition) is 2. The zero-order valence-electron chi connectivity index (χ0n) is 12.4. The van der Waals surface area contributed by atoms with Gasteiger partial charge in [0.2, 0.25) is 0 Å². The molecule has 2 nitrogen and oxygen atoms in total. The SMILES string of the molecule is CN(Cc1ccccc1)c1ccc(-c2ccc(C#N)cc2)[te]1. The molecule has 0 saturated carbocycles. The van der Waals surface area contributed by atoms with Crippen LogP contribution in [0.25, 0.3) is 9.14 Å². The van der Waals surface area contributed by atoms with Crippen LogP contribution in [0.2, 0.25) is 0 Å². The molecule has 108 valence electrons. The second-order valence-electron chi connectivity index (χ2n) is 5.17. The maximum atomic E-state index is 8.88. The Morgan fingerprint density at radius 3 is 2.36 bits per heavy atom. The molecule has 0 aliphatic heterocycles. The van der Waals surface area contributed by atoms with Crippen LogP contribution in [0.5, 0.6) is 0 Å². The zero-order chi connectivity index (χ0) is 15.4. The number of nitriles is 1. The second-order valence-corrected chi connectivity index (χ2v) is 8.20. The fourth-order valence-electron chi connectivity index (χ4n) is 2.33. The van der Waals surface area contributed by atoms with Gasteiger partial charge in [-0.3, -0.25) is 0 Å². The standard InChI is InChI=1S/C19H16N2Te/c1-21(14-16-5-3-2-4-6-16)19-12-11-18(22-19)17-9-7-15(13-20)8-10-17/h2-12H,14H2,1H3. The second kappa shape index (κ2) is 6.84. The number of rotatable bonds is 4. The van der Waals surface area contributed by atoms with Crippen molar-refractivity contribution in [3.8, 4) is 15.2 Å². The monoisotopic (exact) mass is 402 g/mol. The van der Waals surface area contributed by atoms with Gasteiger partial charge in [-0.15, -0.1) is 0 Å². The summed E-state index contributed by atoms with van der Waals surface area (Å²) in [5.41, 5.74) is 3.31. The summed E-state index contributed by atoms with van der Waals surface area (Å²) in [6, 6.07) is 25.1. The van der Waals surface area contributed by atoms with E-state index < -0.39 is 0 Å². The van der Waals surface area contributed by atoms with Crippen LogP contribution in [0.3, 0.4) is 0 Å². The minimum absolute atomic E-state index is 0.355. The predicted octanol–water partition coefficient (Wildman–Crippen LogP) is 3.92. The summed E-state index contributed by atoms with van der Waals surface area (Å²) in [6.07, 6.45) is 0. The molecule has 0 amide bonds. The molecule has 3 heteroatoms. The van der Waals surface area contributed by atoms with Gasteiger partial charge in [-0.05, 0) is 0 Å². The van der Waals surface area contributed by atoms with E-state index in [1.807, 2.05) is 12.1 Å². The summed E-state index contributed by atoms with van der Waals surface area (Å²) in [7, 11) is 2.17. The van der Waals surface area contributed by atoms with Crippen LogP contribution in [0, 0.1) is 11.3 Å². The van der Waals surface area contributed by atoms with Crippen LogP contribution in [0.15, 0.2) is 66.7 Å². The number of anilines is 1. The molecular formula is C19H16N2Te. The van der Waals surface area contributed by atoms with Crippen molar-refractivity contribution < 1.29 is 0 Å². The molecule has 0 radical (unpaired) electrons. The van der Waals surface area contributed by atoms with Crippen molar-refractivity contribution in [1.29, 1.82) is 5.26 Å². The summed E-state index contributed by atoms with van der Waals surface area (Å²) in [4.78, 5) is 2.35. The average molecular weight is 400 g/mol. The normalized spacial score (nSPS) is 10.2. The first-order valence-corrected chi connectivity index (χ1v) is 9.45. The first kappa shape index (κ1) is 14.9. The van der Waals surface area contributed by atoms with Crippen LogP contribution >= 0.6 is 0 Å². The molecule has 0 aliphatic rings. The van der Waals surface area contributed by atoms with Gasteiger partial charge in [0.1, 0.15) is 0 Å². The van der Waals surface area contributed by atoms with E-state index in [0.717, 1.165) is 12.1 Å². The summed E-state index contributed by atoms with van der Waals surface area (Å²) < 4.78 is 2.89. The molecule has 0 aliphatic carbocycles. The van der Waals surface area contributed by atoms with Gasteiger partial charge in [0, 0.05) is 0 Å². The third kappa shape index (κ3) is 3.42. The molecule has 22 heavy (non-hydrogen) atoms. The number of hydrogen-bond donors (Lipinski definition) is 0. The summed E-state index contributed by atoms with van der Waals surface area (Å²) in [6.45, 7) is 0.950.